The van der Waals surface area contributed by atoms with Crippen LogP contribution in [0.3, 0.4) is 0 Å². The van der Waals surface area contributed by atoms with Crippen molar-refractivity contribution in [2.45, 2.75) is 26.2 Å². The van der Waals surface area contributed by atoms with Crippen molar-refractivity contribution in [1.82, 2.24) is 4.90 Å². The zero-order valence-electron chi connectivity index (χ0n) is 11.4. The van der Waals surface area contributed by atoms with E-state index in [2.05, 4.69) is 4.90 Å². The van der Waals surface area contributed by atoms with Gasteiger partial charge in [0.15, 0.2) is 0 Å². The van der Waals surface area contributed by atoms with E-state index in [1.807, 2.05) is 0 Å². The van der Waals surface area contributed by atoms with Crippen molar-refractivity contribution in [2.75, 3.05) is 26.2 Å². The summed E-state index contributed by atoms with van der Waals surface area (Å²) in [5.74, 6) is -0.137. The molecule has 1 saturated heterocycles. The molecule has 0 atom stereocenters. The Morgan fingerprint density at radius 3 is 2.74 bits per heavy atom. The van der Waals surface area contributed by atoms with Crippen LogP contribution in [0.15, 0.2) is 18.2 Å². The lowest BCUT2D eigenvalue weighted by molar-refractivity contribution is 0.0696. The van der Waals surface area contributed by atoms with Crippen LogP contribution in [0.4, 0.5) is 0 Å². The number of carboxylic acid groups (broad SMARTS) is 1. The maximum absolute atomic E-state index is 10.9. The molecule has 2 rings (SSSR count). The van der Waals surface area contributed by atoms with E-state index in [0.29, 0.717) is 12.2 Å². The summed E-state index contributed by atoms with van der Waals surface area (Å²) in [6, 6.07) is 5.12. The van der Waals surface area contributed by atoms with Crippen molar-refractivity contribution < 1.29 is 14.6 Å². The number of nitrogens with zero attached hydrogens (tertiary/aromatic N) is 1. The Morgan fingerprint density at radius 1 is 1.37 bits per heavy atom. The van der Waals surface area contributed by atoms with Crippen LogP contribution in [-0.4, -0.2) is 42.2 Å². The molecule has 1 fully saturated rings. The van der Waals surface area contributed by atoms with Crippen molar-refractivity contribution in [1.29, 1.82) is 0 Å². The normalized spacial score (nSPS) is 15.6. The SMILES string of the molecule is Cc1cc(OCCCN2CCCC2)ccc1C(=O)O. The number of hydrogen-bond donors (Lipinski definition) is 1. The van der Waals surface area contributed by atoms with Crippen molar-refractivity contribution in [2.24, 2.45) is 0 Å². The quantitative estimate of drug-likeness (QED) is 0.801. The molecule has 1 heterocycles. The van der Waals surface area contributed by atoms with E-state index >= 15 is 0 Å². The van der Waals surface area contributed by atoms with Gasteiger partial charge in [0.25, 0.3) is 0 Å². The summed E-state index contributed by atoms with van der Waals surface area (Å²) >= 11 is 0. The van der Waals surface area contributed by atoms with Crippen molar-refractivity contribution >= 4 is 5.97 Å². The Labute approximate surface area is 114 Å². The summed E-state index contributed by atoms with van der Waals surface area (Å²) in [4.78, 5) is 13.4. The number of benzene rings is 1. The molecule has 1 N–H and O–H groups in total. The molecule has 104 valence electrons. The second-order valence-electron chi connectivity index (χ2n) is 5.03. The number of carbonyl (C=O) groups is 1. The largest absolute Gasteiger partial charge is 0.494 e. The van der Waals surface area contributed by atoms with Crippen LogP contribution in [0.1, 0.15) is 35.2 Å². The Bertz CT molecular complexity index is 439. The maximum atomic E-state index is 10.9. The molecule has 0 aliphatic carbocycles. The molecule has 0 spiro atoms. The summed E-state index contributed by atoms with van der Waals surface area (Å²) in [6.45, 7) is 5.99. The first-order valence-corrected chi connectivity index (χ1v) is 6.86. The summed E-state index contributed by atoms with van der Waals surface area (Å²) in [5, 5.41) is 8.95. The third-order valence-electron chi connectivity index (χ3n) is 3.51. The highest BCUT2D eigenvalue weighted by Gasteiger charge is 2.11. The lowest BCUT2D eigenvalue weighted by Crippen LogP contribution is -2.21. The minimum absolute atomic E-state index is 0.337. The molecule has 0 aromatic heterocycles. The Morgan fingerprint density at radius 2 is 2.11 bits per heavy atom. The minimum Gasteiger partial charge on any atom is -0.494 e. The van der Waals surface area contributed by atoms with Gasteiger partial charge in [-0.05, 0) is 63.0 Å². The zero-order chi connectivity index (χ0) is 13.7. The van der Waals surface area contributed by atoms with Crippen molar-refractivity contribution in [3.8, 4) is 5.75 Å². The van der Waals surface area contributed by atoms with Crippen LogP contribution in [0.5, 0.6) is 5.75 Å². The molecule has 1 aromatic carbocycles. The molecule has 1 aliphatic heterocycles. The Kier molecular flexibility index (Phi) is 4.80. The average molecular weight is 263 g/mol. The molecule has 4 nitrogen and oxygen atoms in total. The van der Waals surface area contributed by atoms with Gasteiger partial charge >= 0.3 is 5.97 Å². The van der Waals surface area contributed by atoms with Crippen LogP contribution in [-0.2, 0) is 0 Å². The topological polar surface area (TPSA) is 49.8 Å². The molecule has 0 unspecified atom stereocenters. The lowest BCUT2D eigenvalue weighted by Gasteiger charge is -2.14. The number of aromatic carboxylic acids is 1. The van der Waals surface area contributed by atoms with Crippen molar-refractivity contribution in [3.05, 3.63) is 29.3 Å². The number of likely N-dealkylation sites (tertiary alicyclic amines) is 1. The van der Waals surface area contributed by atoms with Gasteiger partial charge in [0.2, 0.25) is 0 Å². The van der Waals surface area contributed by atoms with E-state index in [1.54, 1.807) is 25.1 Å². The van der Waals surface area contributed by atoms with Crippen LogP contribution in [0, 0.1) is 6.92 Å². The number of hydrogen-bond acceptors (Lipinski definition) is 3. The Balaban J connectivity index is 1.76. The lowest BCUT2D eigenvalue weighted by atomic mass is 10.1. The highest BCUT2D eigenvalue weighted by molar-refractivity contribution is 5.89. The van der Waals surface area contributed by atoms with Gasteiger partial charge in [-0.2, -0.15) is 0 Å². The van der Waals surface area contributed by atoms with Crippen LogP contribution in [0.2, 0.25) is 0 Å². The molecule has 0 saturated carbocycles. The van der Waals surface area contributed by atoms with Gasteiger partial charge in [-0.15, -0.1) is 0 Å². The van der Waals surface area contributed by atoms with E-state index in [0.717, 1.165) is 24.3 Å². The highest BCUT2D eigenvalue weighted by atomic mass is 16.5. The fourth-order valence-corrected chi connectivity index (χ4v) is 2.45. The van der Waals surface area contributed by atoms with Gasteiger partial charge < -0.3 is 14.7 Å². The van der Waals surface area contributed by atoms with Gasteiger partial charge in [-0.3, -0.25) is 0 Å². The van der Waals surface area contributed by atoms with Gasteiger partial charge in [-0.25, -0.2) is 4.79 Å². The molecule has 0 amide bonds. The standard InChI is InChI=1S/C15H21NO3/c1-12-11-13(5-6-14(12)15(17)18)19-10-4-9-16-7-2-3-8-16/h5-6,11H,2-4,7-10H2,1H3,(H,17,18). The molecule has 0 bridgehead atoms. The summed E-state index contributed by atoms with van der Waals surface area (Å²) in [7, 11) is 0. The van der Waals surface area contributed by atoms with E-state index in [1.165, 1.54) is 25.9 Å². The predicted octanol–water partition coefficient (Wildman–Crippen LogP) is 2.56. The molecule has 4 heteroatoms. The monoisotopic (exact) mass is 263 g/mol. The first-order chi connectivity index (χ1) is 9.16. The minimum atomic E-state index is -0.891. The summed E-state index contributed by atoms with van der Waals surface area (Å²) in [6.07, 6.45) is 3.65. The van der Waals surface area contributed by atoms with E-state index < -0.39 is 5.97 Å². The first kappa shape index (κ1) is 13.9. The van der Waals surface area contributed by atoms with Gasteiger partial charge in [0, 0.05) is 6.54 Å². The second-order valence-corrected chi connectivity index (χ2v) is 5.03. The van der Waals surface area contributed by atoms with Crippen LogP contribution in [0.25, 0.3) is 0 Å². The first-order valence-electron chi connectivity index (χ1n) is 6.86. The van der Waals surface area contributed by atoms with Gasteiger partial charge in [0.05, 0.1) is 12.2 Å². The predicted molar refractivity (Wildman–Crippen MR) is 73.9 cm³/mol. The summed E-state index contributed by atoms with van der Waals surface area (Å²) in [5.41, 5.74) is 1.08. The molecular weight excluding hydrogens is 242 g/mol. The second kappa shape index (κ2) is 6.57. The molecule has 19 heavy (non-hydrogen) atoms. The van der Waals surface area contributed by atoms with E-state index in [4.69, 9.17) is 9.84 Å². The van der Waals surface area contributed by atoms with E-state index in [-0.39, 0.29) is 0 Å². The summed E-state index contributed by atoms with van der Waals surface area (Å²) < 4.78 is 5.66. The van der Waals surface area contributed by atoms with Crippen LogP contribution < -0.4 is 4.74 Å². The number of carboxylic acids is 1. The number of rotatable bonds is 6. The third-order valence-corrected chi connectivity index (χ3v) is 3.51. The molecule has 1 aliphatic rings. The fourth-order valence-electron chi connectivity index (χ4n) is 2.45. The smallest absolute Gasteiger partial charge is 0.335 e. The highest BCUT2D eigenvalue weighted by Crippen LogP contribution is 2.17. The number of ether oxygens (including phenoxy) is 1. The van der Waals surface area contributed by atoms with E-state index in [9.17, 15) is 4.79 Å². The molecule has 1 aromatic rings. The van der Waals surface area contributed by atoms with Crippen molar-refractivity contribution in [3.63, 3.8) is 0 Å². The average Bonchev–Trinajstić information content (AvgIpc) is 2.87. The van der Waals surface area contributed by atoms with Gasteiger partial charge in [0.1, 0.15) is 5.75 Å². The maximum Gasteiger partial charge on any atom is 0.335 e. The van der Waals surface area contributed by atoms with Gasteiger partial charge in [-0.1, -0.05) is 0 Å². The third kappa shape index (κ3) is 3.96. The Hall–Kier alpha value is -1.55. The zero-order valence-corrected chi connectivity index (χ0v) is 11.4. The number of aryl methyl sites for hydroxylation is 1. The molecule has 0 radical (unpaired) electrons. The fraction of sp³-hybridized carbons (Fsp3) is 0.533. The van der Waals surface area contributed by atoms with Crippen LogP contribution >= 0.6 is 0 Å². The molecular formula is C15H21NO3.